The second-order valence-electron chi connectivity index (χ2n) is 4.16. The van der Waals surface area contributed by atoms with Crippen LogP contribution >= 0.6 is 0 Å². The Morgan fingerprint density at radius 1 is 1.40 bits per heavy atom. The standard InChI is InChI=1S/C11H17N3O/c15-10-3-1-2-9(6-10)7-14-11-8-12-4-5-13-11/h4-5,8-10,15H,1-3,6-7H2,(H,13,14). The Hall–Kier alpha value is -1.16. The summed E-state index contributed by atoms with van der Waals surface area (Å²) in [6, 6.07) is 0. The van der Waals surface area contributed by atoms with Crippen molar-refractivity contribution in [1.82, 2.24) is 9.97 Å². The summed E-state index contributed by atoms with van der Waals surface area (Å²) in [7, 11) is 0. The molecule has 1 saturated carbocycles. The van der Waals surface area contributed by atoms with Crippen molar-refractivity contribution in [2.75, 3.05) is 11.9 Å². The number of nitrogens with one attached hydrogen (secondary N) is 1. The minimum Gasteiger partial charge on any atom is -0.393 e. The molecular formula is C11H17N3O. The number of aliphatic hydroxyl groups is 1. The first kappa shape index (κ1) is 10.4. The van der Waals surface area contributed by atoms with Gasteiger partial charge in [-0.05, 0) is 25.2 Å². The molecule has 1 heterocycles. The van der Waals surface area contributed by atoms with Gasteiger partial charge in [-0.15, -0.1) is 0 Å². The van der Waals surface area contributed by atoms with Crippen LogP contribution in [0.3, 0.4) is 0 Å². The summed E-state index contributed by atoms with van der Waals surface area (Å²) in [5.74, 6) is 1.38. The number of rotatable bonds is 3. The van der Waals surface area contributed by atoms with Crippen LogP contribution in [0.5, 0.6) is 0 Å². The van der Waals surface area contributed by atoms with E-state index < -0.39 is 0 Å². The zero-order chi connectivity index (χ0) is 10.5. The molecule has 1 aliphatic rings. The molecule has 82 valence electrons. The van der Waals surface area contributed by atoms with Gasteiger partial charge in [-0.3, -0.25) is 4.98 Å². The molecule has 2 atom stereocenters. The van der Waals surface area contributed by atoms with E-state index in [0.717, 1.165) is 31.6 Å². The molecule has 1 aliphatic carbocycles. The van der Waals surface area contributed by atoms with Crippen LogP contribution in [0.15, 0.2) is 18.6 Å². The SMILES string of the molecule is OC1CCCC(CNc2cnccn2)C1. The fourth-order valence-corrected chi connectivity index (χ4v) is 2.09. The van der Waals surface area contributed by atoms with E-state index >= 15 is 0 Å². The molecule has 0 amide bonds. The van der Waals surface area contributed by atoms with Crippen LogP contribution in [0.1, 0.15) is 25.7 Å². The molecule has 4 nitrogen and oxygen atoms in total. The fourth-order valence-electron chi connectivity index (χ4n) is 2.09. The molecule has 2 N–H and O–H groups in total. The first-order valence-electron chi connectivity index (χ1n) is 5.52. The van der Waals surface area contributed by atoms with Crippen LogP contribution in [-0.2, 0) is 0 Å². The smallest absolute Gasteiger partial charge is 0.144 e. The molecule has 1 aromatic rings. The van der Waals surface area contributed by atoms with Crippen molar-refractivity contribution >= 4 is 5.82 Å². The van der Waals surface area contributed by atoms with E-state index in [1.165, 1.54) is 6.42 Å². The number of anilines is 1. The van der Waals surface area contributed by atoms with Crippen molar-refractivity contribution in [1.29, 1.82) is 0 Å². The summed E-state index contributed by atoms with van der Waals surface area (Å²) in [5.41, 5.74) is 0. The third-order valence-corrected chi connectivity index (χ3v) is 2.89. The summed E-state index contributed by atoms with van der Waals surface area (Å²) in [5, 5.41) is 12.8. The van der Waals surface area contributed by atoms with E-state index in [9.17, 15) is 5.11 Å². The van der Waals surface area contributed by atoms with Crippen LogP contribution < -0.4 is 5.32 Å². The number of aliphatic hydroxyl groups excluding tert-OH is 1. The van der Waals surface area contributed by atoms with Gasteiger partial charge in [0.25, 0.3) is 0 Å². The van der Waals surface area contributed by atoms with Crippen molar-refractivity contribution in [3.63, 3.8) is 0 Å². The van der Waals surface area contributed by atoms with Gasteiger partial charge >= 0.3 is 0 Å². The van der Waals surface area contributed by atoms with Crippen LogP contribution in [0.2, 0.25) is 0 Å². The minimum atomic E-state index is -0.104. The number of aromatic nitrogens is 2. The Balaban J connectivity index is 1.78. The Kier molecular flexibility index (Phi) is 3.50. The predicted molar refractivity (Wildman–Crippen MR) is 58.5 cm³/mol. The van der Waals surface area contributed by atoms with Crippen LogP contribution in [0, 0.1) is 5.92 Å². The summed E-state index contributed by atoms with van der Waals surface area (Å²) in [4.78, 5) is 8.14. The third kappa shape index (κ3) is 3.16. The van der Waals surface area contributed by atoms with Crippen LogP contribution in [0.4, 0.5) is 5.82 Å². The molecule has 1 fully saturated rings. The highest BCUT2D eigenvalue weighted by atomic mass is 16.3. The Labute approximate surface area is 89.8 Å². The predicted octanol–water partition coefficient (Wildman–Crippen LogP) is 1.44. The number of hydrogen-bond donors (Lipinski definition) is 2. The minimum absolute atomic E-state index is 0.104. The van der Waals surface area contributed by atoms with E-state index in [1.54, 1.807) is 18.6 Å². The molecule has 0 bridgehead atoms. The highest BCUT2D eigenvalue weighted by Gasteiger charge is 2.19. The van der Waals surface area contributed by atoms with Gasteiger partial charge in [0.15, 0.2) is 0 Å². The van der Waals surface area contributed by atoms with Gasteiger partial charge in [-0.25, -0.2) is 4.98 Å². The van der Waals surface area contributed by atoms with Gasteiger partial charge in [-0.1, -0.05) is 6.42 Å². The maximum absolute atomic E-state index is 9.52. The molecule has 0 radical (unpaired) electrons. The van der Waals surface area contributed by atoms with Crippen molar-refractivity contribution < 1.29 is 5.11 Å². The lowest BCUT2D eigenvalue weighted by molar-refractivity contribution is 0.104. The topological polar surface area (TPSA) is 58.0 Å². The van der Waals surface area contributed by atoms with Gasteiger partial charge < -0.3 is 10.4 Å². The summed E-state index contributed by atoms with van der Waals surface area (Å²) >= 11 is 0. The molecule has 2 rings (SSSR count). The molecule has 4 heteroatoms. The van der Waals surface area contributed by atoms with Gasteiger partial charge in [-0.2, -0.15) is 0 Å². The molecule has 15 heavy (non-hydrogen) atoms. The maximum Gasteiger partial charge on any atom is 0.144 e. The second kappa shape index (κ2) is 5.07. The average Bonchev–Trinajstić information content (AvgIpc) is 2.28. The lowest BCUT2D eigenvalue weighted by atomic mass is 9.87. The molecule has 0 aromatic carbocycles. The van der Waals surface area contributed by atoms with Crippen LogP contribution in [0.25, 0.3) is 0 Å². The van der Waals surface area contributed by atoms with Crippen molar-refractivity contribution in [2.45, 2.75) is 31.8 Å². The highest BCUT2D eigenvalue weighted by Crippen LogP contribution is 2.24. The first-order chi connectivity index (χ1) is 7.34. The van der Waals surface area contributed by atoms with Gasteiger partial charge in [0.1, 0.15) is 5.82 Å². The molecule has 2 unspecified atom stereocenters. The largest absolute Gasteiger partial charge is 0.393 e. The lowest BCUT2D eigenvalue weighted by Gasteiger charge is -2.25. The van der Waals surface area contributed by atoms with Crippen molar-refractivity contribution in [3.05, 3.63) is 18.6 Å². The van der Waals surface area contributed by atoms with Crippen molar-refractivity contribution in [3.8, 4) is 0 Å². The fraction of sp³-hybridized carbons (Fsp3) is 0.636. The van der Waals surface area contributed by atoms with E-state index in [1.807, 2.05) is 0 Å². The van der Waals surface area contributed by atoms with Crippen LogP contribution in [-0.4, -0.2) is 27.7 Å². The van der Waals surface area contributed by atoms with Crippen molar-refractivity contribution in [2.24, 2.45) is 5.92 Å². The molecule has 0 aliphatic heterocycles. The molecule has 0 spiro atoms. The lowest BCUT2D eigenvalue weighted by Crippen LogP contribution is -2.25. The Morgan fingerprint density at radius 2 is 2.33 bits per heavy atom. The number of nitrogens with zero attached hydrogens (tertiary/aromatic N) is 2. The summed E-state index contributed by atoms with van der Waals surface area (Å²) in [6.45, 7) is 0.885. The van der Waals surface area contributed by atoms with E-state index in [0.29, 0.717) is 5.92 Å². The Bertz CT molecular complexity index is 291. The second-order valence-corrected chi connectivity index (χ2v) is 4.16. The monoisotopic (exact) mass is 207 g/mol. The van der Waals surface area contributed by atoms with E-state index in [-0.39, 0.29) is 6.10 Å². The van der Waals surface area contributed by atoms with E-state index in [2.05, 4.69) is 15.3 Å². The molecule has 0 saturated heterocycles. The van der Waals surface area contributed by atoms with Gasteiger partial charge in [0.05, 0.1) is 12.3 Å². The van der Waals surface area contributed by atoms with Gasteiger partial charge in [0, 0.05) is 18.9 Å². The zero-order valence-electron chi connectivity index (χ0n) is 8.76. The summed E-state index contributed by atoms with van der Waals surface area (Å²) < 4.78 is 0. The van der Waals surface area contributed by atoms with E-state index in [4.69, 9.17) is 0 Å². The maximum atomic E-state index is 9.52. The highest BCUT2D eigenvalue weighted by molar-refractivity contribution is 5.29. The quantitative estimate of drug-likeness (QED) is 0.787. The first-order valence-corrected chi connectivity index (χ1v) is 5.52. The zero-order valence-corrected chi connectivity index (χ0v) is 8.76. The molecule has 1 aromatic heterocycles. The molecular weight excluding hydrogens is 190 g/mol. The third-order valence-electron chi connectivity index (χ3n) is 2.89. The Morgan fingerprint density at radius 3 is 3.07 bits per heavy atom. The average molecular weight is 207 g/mol. The number of hydrogen-bond acceptors (Lipinski definition) is 4. The normalized spacial score (nSPS) is 26.2. The summed E-state index contributed by atoms with van der Waals surface area (Å²) in [6.07, 6.45) is 9.16. The van der Waals surface area contributed by atoms with Gasteiger partial charge in [0.2, 0.25) is 0 Å².